The van der Waals surface area contributed by atoms with Crippen molar-refractivity contribution >= 4 is 11.3 Å². The van der Waals surface area contributed by atoms with Crippen molar-refractivity contribution in [3.05, 3.63) is 93.7 Å². The van der Waals surface area contributed by atoms with Gasteiger partial charge in [0, 0.05) is 16.3 Å². The van der Waals surface area contributed by atoms with Crippen LogP contribution in [0.1, 0.15) is 33.7 Å². The Balaban J connectivity index is 1.54. The number of likely N-dealkylation sites (tertiary alicyclic amines) is 1. The van der Waals surface area contributed by atoms with Crippen molar-refractivity contribution in [2.24, 2.45) is 5.92 Å². The Bertz CT molecular complexity index is 811. The monoisotopic (exact) mass is 377 g/mol. The first-order chi connectivity index (χ1) is 13.2. The van der Waals surface area contributed by atoms with Crippen molar-refractivity contribution in [1.82, 2.24) is 4.90 Å². The van der Waals surface area contributed by atoms with Gasteiger partial charge in [-0.15, -0.1) is 11.3 Å². The van der Waals surface area contributed by atoms with E-state index in [1.165, 1.54) is 9.75 Å². The van der Waals surface area contributed by atoms with Crippen molar-refractivity contribution in [1.29, 1.82) is 0 Å². The Labute approximate surface area is 166 Å². The molecule has 27 heavy (non-hydrogen) atoms. The second-order valence-corrected chi connectivity index (χ2v) is 8.93. The number of nitrogens with zero attached hydrogens (tertiary/aromatic N) is 1. The molecule has 1 fully saturated rings. The van der Waals surface area contributed by atoms with E-state index in [0.29, 0.717) is 0 Å². The minimum Gasteiger partial charge on any atom is -0.380 e. The number of benzene rings is 2. The first kappa shape index (κ1) is 18.4. The molecule has 2 heterocycles. The van der Waals surface area contributed by atoms with Gasteiger partial charge >= 0.3 is 0 Å². The third-order valence-corrected chi connectivity index (χ3v) is 6.77. The molecule has 1 aliphatic heterocycles. The molecular weight excluding hydrogens is 350 g/mol. The largest absolute Gasteiger partial charge is 0.380 e. The Hall–Kier alpha value is -1.94. The molecule has 0 radical (unpaired) electrons. The first-order valence-corrected chi connectivity index (χ1v) is 10.6. The lowest BCUT2D eigenvalue weighted by Gasteiger charge is -2.42. The van der Waals surface area contributed by atoms with E-state index in [9.17, 15) is 5.11 Å². The van der Waals surface area contributed by atoms with Gasteiger partial charge in [0.05, 0.1) is 0 Å². The van der Waals surface area contributed by atoms with Crippen molar-refractivity contribution in [3.8, 4) is 0 Å². The molecule has 0 saturated carbocycles. The van der Waals surface area contributed by atoms with E-state index < -0.39 is 5.60 Å². The first-order valence-electron chi connectivity index (χ1n) is 9.77. The fraction of sp³-hybridized carbons (Fsp3) is 0.333. The third-order valence-electron chi connectivity index (χ3n) is 5.78. The molecule has 0 spiro atoms. The van der Waals surface area contributed by atoms with Crippen LogP contribution in [0, 0.1) is 12.8 Å². The topological polar surface area (TPSA) is 23.5 Å². The lowest BCUT2D eigenvalue weighted by Crippen LogP contribution is -2.44. The Morgan fingerprint density at radius 2 is 1.44 bits per heavy atom. The predicted octanol–water partition coefficient (Wildman–Crippen LogP) is 5.20. The molecule has 1 saturated heterocycles. The van der Waals surface area contributed by atoms with E-state index in [-0.39, 0.29) is 5.92 Å². The summed E-state index contributed by atoms with van der Waals surface area (Å²) >= 11 is 1.89. The highest BCUT2D eigenvalue weighted by Gasteiger charge is 2.41. The SMILES string of the molecule is Cc1ccc(CN2CCC(C(O)(c3ccccc3)c3ccccc3)CC2)s1. The molecule has 0 amide bonds. The number of aliphatic hydroxyl groups is 1. The molecule has 4 rings (SSSR count). The van der Waals surface area contributed by atoms with Crippen molar-refractivity contribution in [2.75, 3.05) is 13.1 Å². The molecule has 2 nitrogen and oxygen atoms in total. The van der Waals surface area contributed by atoms with Crippen LogP contribution in [0.2, 0.25) is 0 Å². The van der Waals surface area contributed by atoms with Crippen LogP contribution in [0.15, 0.2) is 72.8 Å². The second-order valence-electron chi connectivity index (χ2n) is 7.56. The highest BCUT2D eigenvalue weighted by atomic mass is 32.1. The van der Waals surface area contributed by atoms with E-state index in [1.54, 1.807) is 0 Å². The van der Waals surface area contributed by atoms with Crippen LogP contribution in [0.3, 0.4) is 0 Å². The lowest BCUT2D eigenvalue weighted by molar-refractivity contribution is -0.0151. The van der Waals surface area contributed by atoms with Crippen LogP contribution in [-0.2, 0) is 12.1 Å². The molecule has 3 heteroatoms. The minimum atomic E-state index is -0.922. The van der Waals surface area contributed by atoms with Gasteiger partial charge in [0.2, 0.25) is 0 Å². The van der Waals surface area contributed by atoms with Crippen LogP contribution in [0.5, 0.6) is 0 Å². The summed E-state index contributed by atoms with van der Waals surface area (Å²) in [6.07, 6.45) is 2.01. The van der Waals surface area contributed by atoms with Crippen LogP contribution < -0.4 is 0 Å². The maximum Gasteiger partial charge on any atom is 0.117 e. The maximum atomic E-state index is 11.9. The van der Waals surface area contributed by atoms with Crippen molar-refractivity contribution in [2.45, 2.75) is 31.9 Å². The fourth-order valence-electron chi connectivity index (χ4n) is 4.32. The van der Waals surface area contributed by atoms with E-state index in [4.69, 9.17) is 0 Å². The summed E-state index contributed by atoms with van der Waals surface area (Å²) in [6, 6.07) is 24.8. The summed E-state index contributed by atoms with van der Waals surface area (Å²) in [4.78, 5) is 5.34. The maximum absolute atomic E-state index is 11.9. The van der Waals surface area contributed by atoms with E-state index in [1.807, 2.05) is 47.7 Å². The van der Waals surface area contributed by atoms with Crippen LogP contribution in [0.4, 0.5) is 0 Å². The van der Waals surface area contributed by atoms with Gasteiger partial charge in [-0.2, -0.15) is 0 Å². The summed E-state index contributed by atoms with van der Waals surface area (Å²) in [5.41, 5.74) is 1.08. The smallest absolute Gasteiger partial charge is 0.117 e. The summed E-state index contributed by atoms with van der Waals surface area (Å²) in [5, 5.41) is 11.9. The van der Waals surface area contributed by atoms with E-state index in [0.717, 1.165) is 43.6 Å². The van der Waals surface area contributed by atoms with Gasteiger partial charge in [-0.25, -0.2) is 0 Å². The molecule has 140 valence electrons. The molecule has 3 aromatic rings. The van der Waals surface area contributed by atoms with Gasteiger partial charge in [0.25, 0.3) is 0 Å². The lowest BCUT2D eigenvalue weighted by atomic mass is 9.72. The highest BCUT2D eigenvalue weighted by molar-refractivity contribution is 7.11. The second kappa shape index (κ2) is 7.97. The van der Waals surface area contributed by atoms with E-state index >= 15 is 0 Å². The Morgan fingerprint density at radius 1 is 0.889 bits per heavy atom. The van der Waals surface area contributed by atoms with Gasteiger partial charge in [0.1, 0.15) is 5.60 Å². The quantitative estimate of drug-likeness (QED) is 0.660. The molecular formula is C24H27NOS. The average molecular weight is 378 g/mol. The van der Waals surface area contributed by atoms with Gasteiger partial charge in [-0.1, -0.05) is 60.7 Å². The van der Waals surface area contributed by atoms with Crippen LogP contribution in [0.25, 0.3) is 0 Å². The number of thiophene rings is 1. The van der Waals surface area contributed by atoms with Gasteiger partial charge in [0.15, 0.2) is 0 Å². The van der Waals surface area contributed by atoms with Gasteiger partial charge < -0.3 is 5.11 Å². The average Bonchev–Trinajstić information content (AvgIpc) is 3.14. The normalized spacial score (nSPS) is 16.5. The molecule has 1 N–H and O–H groups in total. The molecule has 0 atom stereocenters. The van der Waals surface area contributed by atoms with Crippen LogP contribution in [-0.4, -0.2) is 23.1 Å². The highest BCUT2D eigenvalue weighted by Crippen LogP contribution is 2.42. The summed E-state index contributed by atoms with van der Waals surface area (Å²) < 4.78 is 0. The molecule has 1 aromatic heterocycles. The fourth-order valence-corrected chi connectivity index (χ4v) is 5.25. The van der Waals surface area contributed by atoms with Gasteiger partial charge in [-0.3, -0.25) is 4.90 Å². The molecule has 0 aliphatic carbocycles. The molecule has 0 bridgehead atoms. The van der Waals surface area contributed by atoms with E-state index in [2.05, 4.69) is 48.2 Å². The van der Waals surface area contributed by atoms with Crippen LogP contribution >= 0.6 is 11.3 Å². The van der Waals surface area contributed by atoms with Gasteiger partial charge in [-0.05, 0) is 62.0 Å². The Morgan fingerprint density at radius 3 is 1.93 bits per heavy atom. The van der Waals surface area contributed by atoms with Crippen molar-refractivity contribution < 1.29 is 5.11 Å². The standard InChI is InChI=1S/C24H27NOS/c1-19-12-13-23(27-19)18-25-16-14-22(15-17-25)24(26,20-8-4-2-5-9-20)21-10-6-3-7-11-21/h2-13,22,26H,14-18H2,1H3. The predicted molar refractivity (Wildman–Crippen MR) is 113 cm³/mol. The zero-order valence-corrected chi connectivity index (χ0v) is 16.7. The summed E-state index contributed by atoms with van der Waals surface area (Å²) in [5.74, 6) is 0.226. The van der Waals surface area contributed by atoms with Crippen molar-refractivity contribution in [3.63, 3.8) is 0 Å². The number of rotatable bonds is 5. The number of piperidine rings is 1. The third kappa shape index (κ3) is 3.86. The number of aryl methyl sites for hydroxylation is 1. The number of hydrogen-bond acceptors (Lipinski definition) is 3. The zero-order valence-electron chi connectivity index (χ0n) is 15.8. The Kier molecular flexibility index (Phi) is 5.44. The molecule has 1 aliphatic rings. The minimum absolute atomic E-state index is 0.226. The molecule has 0 unspecified atom stereocenters. The summed E-state index contributed by atoms with van der Waals surface area (Å²) in [7, 11) is 0. The zero-order chi connectivity index (χ0) is 18.7. The summed E-state index contributed by atoms with van der Waals surface area (Å²) in [6.45, 7) is 5.26. The molecule has 2 aromatic carbocycles. The number of hydrogen-bond donors (Lipinski definition) is 1.